The lowest BCUT2D eigenvalue weighted by atomic mass is 9.84. The number of rotatable bonds is 9. The molecule has 7 heteroatoms. The topological polar surface area (TPSA) is 65.8 Å². The lowest BCUT2D eigenvalue weighted by Gasteiger charge is -2.33. The summed E-state index contributed by atoms with van der Waals surface area (Å²) in [6.07, 6.45) is 5.17. The second-order valence-electron chi connectivity index (χ2n) is 9.35. The van der Waals surface area contributed by atoms with E-state index in [9.17, 15) is 4.79 Å². The third kappa shape index (κ3) is 5.05. The fourth-order valence-electron chi connectivity index (χ4n) is 4.75. The Morgan fingerprint density at radius 2 is 1.80 bits per heavy atom. The summed E-state index contributed by atoms with van der Waals surface area (Å²) in [6.45, 7) is 3.77. The highest BCUT2D eigenvalue weighted by Gasteiger charge is 2.33. The van der Waals surface area contributed by atoms with E-state index < -0.39 is 0 Å². The first-order valence-corrected chi connectivity index (χ1v) is 12.5. The summed E-state index contributed by atoms with van der Waals surface area (Å²) in [4.78, 5) is 15.4. The highest BCUT2D eigenvalue weighted by molar-refractivity contribution is 5.79. The van der Waals surface area contributed by atoms with Gasteiger partial charge >= 0.3 is 0 Å². The fourth-order valence-corrected chi connectivity index (χ4v) is 4.75. The molecule has 0 bridgehead atoms. The first kappa shape index (κ1) is 23.4. The molecule has 0 radical (unpaired) electrons. The average molecular weight is 476 g/mol. The van der Waals surface area contributed by atoms with Crippen LogP contribution in [0.2, 0.25) is 0 Å². The van der Waals surface area contributed by atoms with Gasteiger partial charge in [-0.15, -0.1) is 0 Å². The second kappa shape index (κ2) is 10.5. The molecule has 1 atom stereocenters. The molecule has 2 aliphatic rings. The highest BCUT2D eigenvalue weighted by Crippen LogP contribution is 2.37. The van der Waals surface area contributed by atoms with Gasteiger partial charge in [-0.05, 0) is 56.9 Å². The Kier molecular flexibility index (Phi) is 7.04. The number of hydrogen-bond donors (Lipinski definition) is 0. The van der Waals surface area contributed by atoms with Gasteiger partial charge in [0.05, 0.1) is 36.7 Å². The molecule has 1 unspecified atom stereocenters. The summed E-state index contributed by atoms with van der Waals surface area (Å²) < 4.78 is 19.7. The number of aromatic nitrogens is 2. The van der Waals surface area contributed by atoms with E-state index in [1.807, 2.05) is 71.1 Å². The number of nitrogens with zero attached hydrogens (tertiary/aromatic N) is 3. The summed E-state index contributed by atoms with van der Waals surface area (Å²) in [5, 5.41) is 4.84. The van der Waals surface area contributed by atoms with Crippen molar-refractivity contribution in [1.82, 2.24) is 14.7 Å². The van der Waals surface area contributed by atoms with E-state index in [2.05, 4.69) is 0 Å². The van der Waals surface area contributed by atoms with Crippen LogP contribution in [0.1, 0.15) is 43.4 Å². The number of hydrogen-bond acceptors (Lipinski definition) is 5. The van der Waals surface area contributed by atoms with E-state index in [1.165, 1.54) is 0 Å². The minimum atomic E-state index is 0.0853. The van der Waals surface area contributed by atoms with Gasteiger partial charge in [-0.3, -0.25) is 4.79 Å². The van der Waals surface area contributed by atoms with Crippen molar-refractivity contribution in [1.29, 1.82) is 0 Å². The van der Waals surface area contributed by atoms with Crippen LogP contribution in [0.15, 0.2) is 54.6 Å². The zero-order valence-corrected chi connectivity index (χ0v) is 20.5. The molecule has 7 nitrogen and oxygen atoms in total. The summed E-state index contributed by atoms with van der Waals surface area (Å²) in [6, 6.07) is 17.5. The van der Waals surface area contributed by atoms with Crippen LogP contribution in [0.5, 0.6) is 17.4 Å². The maximum Gasteiger partial charge on any atom is 0.228 e. The monoisotopic (exact) mass is 475 g/mol. The Bertz CT molecular complexity index is 1150. The van der Waals surface area contributed by atoms with Crippen molar-refractivity contribution in [3.63, 3.8) is 0 Å². The molecule has 1 aliphatic heterocycles. The molecular weight excluding hydrogens is 442 g/mol. The first-order valence-electron chi connectivity index (χ1n) is 12.5. The number of amides is 1. The number of carbonyl (C=O) groups is 1. The first-order chi connectivity index (χ1) is 17.1. The summed E-state index contributed by atoms with van der Waals surface area (Å²) >= 11 is 0. The lowest BCUT2D eigenvalue weighted by Crippen LogP contribution is -2.42. The van der Waals surface area contributed by atoms with Gasteiger partial charge in [0.15, 0.2) is 11.5 Å². The zero-order chi connectivity index (χ0) is 24.2. The zero-order valence-electron chi connectivity index (χ0n) is 20.5. The molecule has 1 aliphatic carbocycles. The third-order valence-corrected chi connectivity index (χ3v) is 6.98. The Hall–Kier alpha value is -3.32. The average Bonchev–Trinajstić information content (AvgIpc) is 3.47. The van der Waals surface area contributed by atoms with Gasteiger partial charge < -0.3 is 19.1 Å². The quantitative estimate of drug-likeness (QED) is 0.421. The van der Waals surface area contributed by atoms with Crippen molar-refractivity contribution < 1.29 is 19.0 Å². The van der Waals surface area contributed by atoms with Crippen LogP contribution in [0.4, 0.5) is 0 Å². The van der Waals surface area contributed by atoms with E-state index in [4.69, 9.17) is 19.3 Å². The highest BCUT2D eigenvalue weighted by atomic mass is 16.5. The van der Waals surface area contributed by atoms with Crippen molar-refractivity contribution in [2.45, 2.75) is 51.7 Å². The molecule has 1 saturated heterocycles. The number of methoxy groups -OCH3 is 1. The molecule has 2 aromatic carbocycles. The molecule has 0 N–H and O–H groups in total. The molecule has 35 heavy (non-hydrogen) atoms. The van der Waals surface area contributed by atoms with Crippen LogP contribution in [0.25, 0.3) is 5.69 Å². The predicted octanol–water partition coefficient (Wildman–Crippen LogP) is 5.29. The Morgan fingerprint density at radius 1 is 1.06 bits per heavy atom. The number of ether oxygens (including phenoxy) is 3. The molecule has 1 saturated carbocycles. The molecular formula is C28H33N3O4. The number of aryl methyl sites for hydroxylation is 1. The van der Waals surface area contributed by atoms with E-state index in [1.54, 1.807) is 7.11 Å². The van der Waals surface area contributed by atoms with Crippen LogP contribution in [0.3, 0.4) is 0 Å². The van der Waals surface area contributed by atoms with Crippen LogP contribution >= 0.6 is 0 Å². The predicted molar refractivity (Wildman–Crippen MR) is 133 cm³/mol. The molecule has 1 amide bonds. The number of carbonyl (C=O) groups excluding carboxylic acids is 1. The molecule has 1 aromatic heterocycles. The molecule has 5 rings (SSSR count). The normalized spacial score (nSPS) is 17.7. The number of benzene rings is 2. The van der Waals surface area contributed by atoms with Gasteiger partial charge in [0, 0.05) is 19.1 Å². The number of para-hydroxylation sites is 3. The van der Waals surface area contributed by atoms with Crippen molar-refractivity contribution in [2.75, 3.05) is 20.3 Å². The van der Waals surface area contributed by atoms with Crippen LogP contribution in [-0.4, -0.2) is 47.0 Å². The van der Waals surface area contributed by atoms with E-state index in [-0.39, 0.29) is 17.9 Å². The van der Waals surface area contributed by atoms with Crippen molar-refractivity contribution in [2.24, 2.45) is 5.92 Å². The maximum absolute atomic E-state index is 13.5. The molecule has 2 fully saturated rings. The summed E-state index contributed by atoms with van der Waals surface area (Å²) in [7, 11) is 1.63. The maximum atomic E-state index is 13.5. The molecule has 3 aromatic rings. The van der Waals surface area contributed by atoms with Gasteiger partial charge in [-0.25, -0.2) is 4.68 Å². The van der Waals surface area contributed by atoms with Crippen LogP contribution < -0.4 is 9.47 Å². The lowest BCUT2D eigenvalue weighted by molar-refractivity contribution is -0.140. The van der Waals surface area contributed by atoms with Crippen molar-refractivity contribution in [3.05, 3.63) is 65.9 Å². The van der Waals surface area contributed by atoms with Gasteiger partial charge in [0.25, 0.3) is 0 Å². The Morgan fingerprint density at radius 3 is 2.46 bits per heavy atom. The SMILES string of the molecule is COc1ccccc1Oc1c(CN(CC2CCCO2)C(=O)C2CCC2)c(C)nn1-c1ccccc1. The largest absolute Gasteiger partial charge is 0.493 e. The van der Waals surface area contributed by atoms with Crippen molar-refractivity contribution >= 4 is 5.91 Å². The van der Waals surface area contributed by atoms with E-state index in [0.717, 1.165) is 55.7 Å². The smallest absolute Gasteiger partial charge is 0.228 e. The van der Waals surface area contributed by atoms with Gasteiger partial charge in [-0.1, -0.05) is 36.8 Å². The third-order valence-electron chi connectivity index (χ3n) is 6.98. The van der Waals surface area contributed by atoms with E-state index in [0.29, 0.717) is 30.5 Å². The summed E-state index contributed by atoms with van der Waals surface area (Å²) in [5.41, 5.74) is 2.62. The molecule has 2 heterocycles. The van der Waals surface area contributed by atoms with Gasteiger partial charge in [-0.2, -0.15) is 5.10 Å². The fraction of sp³-hybridized carbons (Fsp3) is 0.429. The second-order valence-corrected chi connectivity index (χ2v) is 9.35. The molecule has 0 spiro atoms. The van der Waals surface area contributed by atoms with Crippen LogP contribution in [0, 0.1) is 12.8 Å². The van der Waals surface area contributed by atoms with E-state index >= 15 is 0 Å². The van der Waals surface area contributed by atoms with Crippen molar-refractivity contribution in [3.8, 4) is 23.1 Å². The Balaban J connectivity index is 1.53. The standard InChI is InChI=1S/C28H33N3O4/c1-20-24(19-30(18-23-14-9-17-34-23)27(32)21-10-8-11-21)28(31(29-20)22-12-4-3-5-13-22)35-26-16-7-6-15-25(26)33-2/h3-7,12-13,15-16,21,23H,8-11,14,17-19H2,1-2H3. The minimum absolute atomic E-state index is 0.0853. The van der Waals surface area contributed by atoms with Gasteiger partial charge in [0.2, 0.25) is 11.8 Å². The van der Waals surface area contributed by atoms with Crippen LogP contribution in [-0.2, 0) is 16.1 Å². The summed E-state index contributed by atoms with van der Waals surface area (Å²) in [5.74, 6) is 2.15. The Labute approximate surface area is 206 Å². The molecule has 184 valence electrons. The van der Waals surface area contributed by atoms with Gasteiger partial charge in [0.1, 0.15) is 0 Å². The minimum Gasteiger partial charge on any atom is -0.493 e.